The molecular weight excluding hydrogens is 358 g/mol. The quantitative estimate of drug-likeness (QED) is 0.719. The van der Waals surface area contributed by atoms with Crippen molar-refractivity contribution in [3.05, 3.63) is 18.5 Å². The van der Waals surface area contributed by atoms with Gasteiger partial charge < -0.3 is 9.80 Å². The molecule has 4 rings (SSSR count). The summed E-state index contributed by atoms with van der Waals surface area (Å²) in [6.07, 6.45) is 6.24. The first-order valence-corrected chi connectivity index (χ1v) is 12.1. The number of aromatic nitrogens is 2. The summed E-state index contributed by atoms with van der Waals surface area (Å²) in [5.74, 6) is 1.76. The molecule has 1 aromatic rings. The summed E-state index contributed by atoms with van der Waals surface area (Å²) in [7, 11) is 0. The highest BCUT2D eigenvalue weighted by Gasteiger charge is 2.52. The highest BCUT2D eigenvalue weighted by atomic mass is 15.3. The predicted molar refractivity (Wildman–Crippen MR) is 127 cm³/mol. The van der Waals surface area contributed by atoms with E-state index < -0.39 is 0 Å². The Balaban J connectivity index is 0.000000644. The smallest absolute Gasteiger partial charge is 0.225 e. The molecule has 1 aromatic heterocycles. The van der Waals surface area contributed by atoms with Crippen LogP contribution >= 0.6 is 0 Å². The highest BCUT2D eigenvalue weighted by molar-refractivity contribution is 5.28. The fourth-order valence-corrected chi connectivity index (χ4v) is 4.55. The Morgan fingerprint density at radius 3 is 1.90 bits per heavy atom. The number of anilines is 1. The van der Waals surface area contributed by atoms with Crippen molar-refractivity contribution in [1.29, 1.82) is 0 Å². The Bertz CT molecular complexity index is 511. The first kappa shape index (κ1) is 25.8. The second-order valence-electron chi connectivity index (χ2n) is 8.15. The van der Waals surface area contributed by atoms with Crippen LogP contribution in [0.1, 0.15) is 68.2 Å². The lowest BCUT2D eigenvalue weighted by Crippen LogP contribution is -2.73. The molecule has 0 aromatic carbocycles. The molecule has 0 bridgehead atoms. The topological polar surface area (TPSA) is 35.5 Å². The van der Waals surface area contributed by atoms with Gasteiger partial charge in [0, 0.05) is 69.7 Å². The van der Waals surface area contributed by atoms with Gasteiger partial charge in [-0.05, 0) is 38.7 Å². The van der Waals surface area contributed by atoms with Crippen LogP contribution < -0.4 is 4.90 Å². The first-order valence-electron chi connectivity index (χ1n) is 12.1. The van der Waals surface area contributed by atoms with Crippen LogP contribution in [0.15, 0.2) is 18.5 Å². The van der Waals surface area contributed by atoms with Crippen molar-refractivity contribution < 1.29 is 0 Å². The molecule has 168 valence electrons. The lowest BCUT2D eigenvalue weighted by Gasteiger charge is -2.62. The molecule has 3 fully saturated rings. The molecule has 3 saturated heterocycles. The Labute approximate surface area is 180 Å². The number of piperidine rings is 1. The Kier molecular flexibility index (Phi) is 11.7. The van der Waals surface area contributed by atoms with Gasteiger partial charge in [0.2, 0.25) is 5.95 Å². The van der Waals surface area contributed by atoms with Gasteiger partial charge in [-0.15, -0.1) is 0 Å². The summed E-state index contributed by atoms with van der Waals surface area (Å²) in [4.78, 5) is 16.4. The molecule has 0 amide bonds. The van der Waals surface area contributed by atoms with Crippen LogP contribution in [0.3, 0.4) is 0 Å². The molecule has 0 aliphatic carbocycles. The van der Waals surface area contributed by atoms with Gasteiger partial charge in [-0.3, -0.25) is 4.90 Å². The van der Waals surface area contributed by atoms with Crippen molar-refractivity contribution in [1.82, 2.24) is 19.8 Å². The Hall–Kier alpha value is -1.20. The summed E-state index contributed by atoms with van der Waals surface area (Å²) >= 11 is 0. The van der Waals surface area contributed by atoms with Crippen LogP contribution in [0.25, 0.3) is 0 Å². The maximum absolute atomic E-state index is 4.37. The molecule has 5 heteroatoms. The normalized spacial score (nSPS) is 20.9. The molecule has 0 unspecified atom stereocenters. The van der Waals surface area contributed by atoms with Gasteiger partial charge in [0.25, 0.3) is 0 Å². The van der Waals surface area contributed by atoms with E-state index in [4.69, 9.17) is 0 Å². The summed E-state index contributed by atoms with van der Waals surface area (Å²) in [6, 6.07) is 2.61. The Morgan fingerprint density at radius 2 is 1.41 bits per heavy atom. The van der Waals surface area contributed by atoms with E-state index in [1.165, 1.54) is 45.6 Å². The molecular formula is C24H47N5. The number of hydrogen-bond donors (Lipinski definition) is 0. The van der Waals surface area contributed by atoms with Crippen LogP contribution in [-0.4, -0.2) is 71.6 Å². The van der Waals surface area contributed by atoms with Crippen LogP contribution in [0.2, 0.25) is 0 Å². The van der Waals surface area contributed by atoms with Crippen LogP contribution in [-0.2, 0) is 0 Å². The van der Waals surface area contributed by atoms with Crippen molar-refractivity contribution in [2.24, 2.45) is 11.3 Å². The van der Waals surface area contributed by atoms with E-state index in [0.29, 0.717) is 5.41 Å². The van der Waals surface area contributed by atoms with E-state index in [2.05, 4.69) is 38.5 Å². The van der Waals surface area contributed by atoms with E-state index in [1.807, 2.05) is 60.0 Å². The van der Waals surface area contributed by atoms with E-state index in [9.17, 15) is 0 Å². The second kappa shape index (κ2) is 13.2. The minimum absolute atomic E-state index is 0.656. The minimum atomic E-state index is 0.656. The molecule has 0 saturated carbocycles. The van der Waals surface area contributed by atoms with E-state index in [-0.39, 0.29) is 0 Å². The minimum Gasteiger partial charge on any atom is -0.341 e. The van der Waals surface area contributed by atoms with Crippen LogP contribution in [0, 0.1) is 11.3 Å². The van der Waals surface area contributed by atoms with Crippen molar-refractivity contribution in [2.75, 3.05) is 50.7 Å². The van der Waals surface area contributed by atoms with Crippen LogP contribution in [0.4, 0.5) is 5.95 Å². The van der Waals surface area contributed by atoms with E-state index >= 15 is 0 Å². The number of hydrogen-bond acceptors (Lipinski definition) is 5. The van der Waals surface area contributed by atoms with Crippen molar-refractivity contribution in [2.45, 2.75) is 74.3 Å². The fraction of sp³-hybridized carbons (Fsp3) is 0.833. The fourth-order valence-electron chi connectivity index (χ4n) is 4.55. The predicted octanol–water partition coefficient (Wildman–Crippen LogP) is 4.80. The van der Waals surface area contributed by atoms with E-state index in [1.54, 1.807) is 0 Å². The third-order valence-electron chi connectivity index (χ3n) is 5.89. The van der Waals surface area contributed by atoms with Gasteiger partial charge in [0.05, 0.1) is 0 Å². The molecule has 3 aliphatic rings. The standard InChI is InChI=1S/C18H29N5.3C2H6/c1-15(2)23-13-18(14-23)11-21(12-18)10-16-4-8-22(9-5-16)17-19-6-3-7-20-17;3*1-2/h3,6-7,15-16H,4-5,8-14H2,1-2H3;3*1-2H3. The zero-order valence-electron chi connectivity index (χ0n) is 20.5. The third-order valence-corrected chi connectivity index (χ3v) is 5.89. The third kappa shape index (κ3) is 6.92. The van der Waals surface area contributed by atoms with Crippen molar-refractivity contribution in [3.8, 4) is 0 Å². The summed E-state index contributed by atoms with van der Waals surface area (Å²) in [5, 5.41) is 0. The van der Waals surface area contributed by atoms with Gasteiger partial charge in [0.1, 0.15) is 0 Å². The van der Waals surface area contributed by atoms with Gasteiger partial charge >= 0.3 is 0 Å². The molecule has 0 N–H and O–H groups in total. The van der Waals surface area contributed by atoms with Crippen molar-refractivity contribution >= 4 is 5.95 Å². The lowest BCUT2D eigenvalue weighted by atomic mass is 9.72. The van der Waals surface area contributed by atoms with Gasteiger partial charge in [0.15, 0.2) is 0 Å². The molecule has 5 nitrogen and oxygen atoms in total. The summed E-state index contributed by atoms with van der Waals surface area (Å²) < 4.78 is 0. The van der Waals surface area contributed by atoms with Gasteiger partial charge in [-0.25, -0.2) is 9.97 Å². The average Bonchev–Trinajstić information content (AvgIpc) is 2.74. The number of rotatable bonds is 4. The highest BCUT2D eigenvalue weighted by Crippen LogP contribution is 2.41. The largest absolute Gasteiger partial charge is 0.341 e. The van der Waals surface area contributed by atoms with Crippen molar-refractivity contribution in [3.63, 3.8) is 0 Å². The maximum atomic E-state index is 4.37. The summed E-state index contributed by atoms with van der Waals surface area (Å²) in [6.45, 7) is 25.4. The summed E-state index contributed by atoms with van der Waals surface area (Å²) in [5.41, 5.74) is 0.656. The molecule has 0 atom stereocenters. The van der Waals surface area contributed by atoms with E-state index in [0.717, 1.165) is 31.0 Å². The number of nitrogens with zero attached hydrogens (tertiary/aromatic N) is 5. The SMILES string of the molecule is CC.CC.CC.CC(C)N1CC2(CN(CC3CCN(c4ncccn4)CC3)C2)C1. The Morgan fingerprint density at radius 1 is 0.897 bits per heavy atom. The first-order chi connectivity index (χ1) is 14.1. The maximum Gasteiger partial charge on any atom is 0.225 e. The van der Waals surface area contributed by atoms with Crippen LogP contribution in [0.5, 0.6) is 0 Å². The molecule has 29 heavy (non-hydrogen) atoms. The molecule has 1 spiro atoms. The van der Waals surface area contributed by atoms with Gasteiger partial charge in [-0.1, -0.05) is 41.5 Å². The zero-order chi connectivity index (χ0) is 21.9. The zero-order valence-corrected chi connectivity index (χ0v) is 20.5. The van der Waals surface area contributed by atoms with Gasteiger partial charge in [-0.2, -0.15) is 0 Å². The second-order valence-corrected chi connectivity index (χ2v) is 8.15. The average molecular weight is 406 g/mol. The lowest BCUT2D eigenvalue weighted by molar-refractivity contribution is -0.129. The molecule has 3 aliphatic heterocycles. The molecule has 4 heterocycles. The number of likely N-dealkylation sites (tertiary alicyclic amines) is 2. The molecule has 0 radical (unpaired) electrons. The monoisotopic (exact) mass is 405 g/mol.